The molecule has 2 heteroatoms. The average Bonchev–Trinajstić information content (AvgIpc) is 2.84. The first-order chi connectivity index (χ1) is 5.93. The molecule has 1 atom stereocenters. The molecule has 0 bridgehead atoms. The van der Waals surface area contributed by atoms with E-state index >= 15 is 0 Å². The highest BCUT2D eigenvalue weighted by Gasteiger charge is 2.24. The van der Waals surface area contributed by atoms with Crippen molar-refractivity contribution in [3.63, 3.8) is 0 Å². The lowest BCUT2D eigenvalue weighted by Crippen LogP contribution is -1.77. The smallest absolute Gasteiger partial charge is 0.133 e. The lowest BCUT2D eigenvalue weighted by atomic mass is 10.1. The highest BCUT2D eigenvalue weighted by atomic mass is 16.6. The second-order valence-electron chi connectivity index (χ2n) is 3.04. The zero-order valence-corrected chi connectivity index (χ0v) is 6.49. The molecule has 1 saturated heterocycles. The van der Waals surface area contributed by atoms with E-state index in [-0.39, 0.29) is 0 Å². The summed E-state index contributed by atoms with van der Waals surface area (Å²) < 4.78 is 10.4. The van der Waals surface area contributed by atoms with Gasteiger partial charge in [0.25, 0.3) is 0 Å². The number of epoxide rings is 1. The third kappa shape index (κ3) is 0.850. The van der Waals surface area contributed by atoms with Crippen molar-refractivity contribution < 1.29 is 9.15 Å². The van der Waals surface area contributed by atoms with Gasteiger partial charge in [-0.1, -0.05) is 6.07 Å². The van der Waals surface area contributed by atoms with Gasteiger partial charge in [-0.25, -0.2) is 0 Å². The van der Waals surface area contributed by atoms with E-state index in [1.54, 1.807) is 6.26 Å². The van der Waals surface area contributed by atoms with Crippen LogP contribution in [0.3, 0.4) is 0 Å². The standard InChI is InChI=1S/C10H8O2/c1-2-9-8(3-4-11-9)5-7(1)10-6-12-10/h1-5,10H,6H2. The van der Waals surface area contributed by atoms with Crippen molar-refractivity contribution in [3.8, 4) is 0 Å². The number of ether oxygens (including phenoxy) is 1. The van der Waals surface area contributed by atoms with Gasteiger partial charge in [-0.05, 0) is 23.8 Å². The van der Waals surface area contributed by atoms with Crippen LogP contribution in [0.1, 0.15) is 11.7 Å². The maximum Gasteiger partial charge on any atom is 0.133 e. The van der Waals surface area contributed by atoms with E-state index in [0.29, 0.717) is 6.10 Å². The van der Waals surface area contributed by atoms with Crippen LogP contribution in [-0.2, 0) is 4.74 Å². The Bertz CT molecular complexity index is 412. The molecule has 2 heterocycles. The van der Waals surface area contributed by atoms with Crippen LogP contribution in [0.15, 0.2) is 34.9 Å². The summed E-state index contributed by atoms with van der Waals surface area (Å²) in [6, 6.07) is 8.15. The molecule has 3 rings (SSSR count). The topological polar surface area (TPSA) is 25.7 Å². The molecule has 1 aliphatic heterocycles. The van der Waals surface area contributed by atoms with Crippen LogP contribution in [0, 0.1) is 0 Å². The third-order valence-corrected chi connectivity index (χ3v) is 2.18. The molecule has 2 aromatic rings. The number of rotatable bonds is 1. The zero-order valence-electron chi connectivity index (χ0n) is 6.49. The number of furan rings is 1. The Morgan fingerprint density at radius 2 is 2.17 bits per heavy atom. The van der Waals surface area contributed by atoms with Crippen molar-refractivity contribution in [2.75, 3.05) is 6.61 Å². The summed E-state index contributed by atoms with van der Waals surface area (Å²) in [5, 5.41) is 1.16. The molecule has 1 aliphatic rings. The van der Waals surface area contributed by atoms with Crippen LogP contribution in [0.2, 0.25) is 0 Å². The van der Waals surface area contributed by atoms with Gasteiger partial charge in [0.05, 0.1) is 12.9 Å². The molecule has 12 heavy (non-hydrogen) atoms. The van der Waals surface area contributed by atoms with E-state index in [2.05, 4.69) is 12.1 Å². The fourth-order valence-electron chi connectivity index (χ4n) is 1.43. The summed E-state index contributed by atoms with van der Waals surface area (Å²) >= 11 is 0. The van der Waals surface area contributed by atoms with Crippen molar-refractivity contribution in [1.29, 1.82) is 0 Å². The summed E-state index contributed by atoms with van der Waals surface area (Å²) in [4.78, 5) is 0. The van der Waals surface area contributed by atoms with Gasteiger partial charge < -0.3 is 9.15 Å². The largest absolute Gasteiger partial charge is 0.464 e. The zero-order chi connectivity index (χ0) is 7.97. The van der Waals surface area contributed by atoms with Crippen LogP contribution in [-0.4, -0.2) is 6.61 Å². The van der Waals surface area contributed by atoms with Gasteiger partial charge in [0, 0.05) is 5.39 Å². The van der Waals surface area contributed by atoms with E-state index in [1.807, 2.05) is 12.1 Å². The van der Waals surface area contributed by atoms with E-state index < -0.39 is 0 Å². The van der Waals surface area contributed by atoms with Gasteiger partial charge in [-0.2, -0.15) is 0 Å². The highest BCUT2D eigenvalue weighted by Crippen LogP contribution is 2.31. The van der Waals surface area contributed by atoms with Gasteiger partial charge in [-0.15, -0.1) is 0 Å². The van der Waals surface area contributed by atoms with Crippen LogP contribution >= 0.6 is 0 Å². The molecular formula is C10H8O2. The van der Waals surface area contributed by atoms with E-state index in [0.717, 1.165) is 17.6 Å². The Hall–Kier alpha value is -1.28. The minimum Gasteiger partial charge on any atom is -0.464 e. The Balaban J connectivity index is 2.21. The number of fused-ring (bicyclic) bond motifs is 1. The van der Waals surface area contributed by atoms with Crippen LogP contribution in [0.25, 0.3) is 11.0 Å². The molecule has 0 aliphatic carbocycles. The minimum atomic E-state index is 0.337. The van der Waals surface area contributed by atoms with Crippen molar-refractivity contribution in [2.24, 2.45) is 0 Å². The molecular weight excluding hydrogens is 152 g/mol. The van der Waals surface area contributed by atoms with Crippen LogP contribution in [0.5, 0.6) is 0 Å². The van der Waals surface area contributed by atoms with Crippen LogP contribution in [0.4, 0.5) is 0 Å². The fraction of sp³-hybridized carbons (Fsp3) is 0.200. The molecule has 1 fully saturated rings. The summed E-state index contributed by atoms with van der Waals surface area (Å²) in [5.74, 6) is 0. The first-order valence-corrected chi connectivity index (χ1v) is 4.02. The minimum absolute atomic E-state index is 0.337. The van der Waals surface area contributed by atoms with Crippen molar-refractivity contribution in [2.45, 2.75) is 6.10 Å². The summed E-state index contributed by atoms with van der Waals surface area (Å²) in [7, 11) is 0. The first-order valence-electron chi connectivity index (χ1n) is 4.02. The van der Waals surface area contributed by atoms with Gasteiger partial charge in [0.1, 0.15) is 11.7 Å². The van der Waals surface area contributed by atoms with Gasteiger partial charge >= 0.3 is 0 Å². The molecule has 0 amide bonds. The summed E-state index contributed by atoms with van der Waals surface area (Å²) in [5.41, 5.74) is 2.20. The number of benzene rings is 1. The van der Waals surface area contributed by atoms with Gasteiger partial charge in [0.15, 0.2) is 0 Å². The van der Waals surface area contributed by atoms with Crippen molar-refractivity contribution in [1.82, 2.24) is 0 Å². The van der Waals surface area contributed by atoms with Crippen LogP contribution < -0.4 is 0 Å². The molecule has 60 valence electrons. The maximum absolute atomic E-state index is 5.23. The molecule has 2 nitrogen and oxygen atoms in total. The maximum atomic E-state index is 5.23. The molecule has 0 saturated carbocycles. The lowest BCUT2D eigenvalue weighted by Gasteiger charge is -1.93. The second-order valence-corrected chi connectivity index (χ2v) is 3.04. The second kappa shape index (κ2) is 2.11. The quantitative estimate of drug-likeness (QED) is 0.599. The lowest BCUT2D eigenvalue weighted by molar-refractivity contribution is 0.416. The Labute approximate surface area is 69.7 Å². The van der Waals surface area contributed by atoms with Gasteiger partial charge in [-0.3, -0.25) is 0 Å². The Kier molecular flexibility index (Phi) is 1.10. The molecule has 1 unspecified atom stereocenters. The third-order valence-electron chi connectivity index (χ3n) is 2.18. The van der Waals surface area contributed by atoms with E-state index in [1.165, 1.54) is 5.56 Å². The first kappa shape index (κ1) is 6.26. The molecule has 1 aromatic heterocycles. The van der Waals surface area contributed by atoms with Crippen molar-refractivity contribution in [3.05, 3.63) is 36.1 Å². The highest BCUT2D eigenvalue weighted by molar-refractivity contribution is 5.77. The molecule has 0 spiro atoms. The fourth-order valence-corrected chi connectivity index (χ4v) is 1.43. The summed E-state index contributed by atoms with van der Waals surface area (Å²) in [6.45, 7) is 0.864. The van der Waals surface area contributed by atoms with Gasteiger partial charge in [0.2, 0.25) is 0 Å². The monoisotopic (exact) mass is 160 g/mol. The SMILES string of the molecule is c1cc2cc(C3CO3)ccc2o1. The predicted molar refractivity (Wildman–Crippen MR) is 44.9 cm³/mol. The Morgan fingerprint density at radius 3 is 3.00 bits per heavy atom. The molecule has 1 aromatic carbocycles. The molecule has 0 N–H and O–H groups in total. The predicted octanol–water partition coefficient (Wildman–Crippen LogP) is 2.50. The van der Waals surface area contributed by atoms with Crippen molar-refractivity contribution >= 4 is 11.0 Å². The Morgan fingerprint density at radius 1 is 1.25 bits per heavy atom. The number of hydrogen-bond acceptors (Lipinski definition) is 2. The van der Waals surface area contributed by atoms with E-state index in [4.69, 9.17) is 9.15 Å². The average molecular weight is 160 g/mol. The summed E-state index contributed by atoms with van der Waals surface area (Å²) in [6.07, 6.45) is 2.05. The number of hydrogen-bond donors (Lipinski definition) is 0. The molecule has 0 radical (unpaired) electrons. The normalized spacial score (nSPS) is 21.5. The van der Waals surface area contributed by atoms with E-state index in [9.17, 15) is 0 Å².